The van der Waals surface area contributed by atoms with Crippen molar-refractivity contribution < 1.29 is 74.6 Å². The fourth-order valence-corrected chi connectivity index (χ4v) is 5.28. The second-order valence-electron chi connectivity index (χ2n) is 8.84. The van der Waals surface area contributed by atoms with Crippen LogP contribution < -0.4 is 51.4 Å². The van der Waals surface area contributed by atoms with Gasteiger partial charge in [0.15, 0.2) is 0 Å². The number of rotatable bonds is 18. The molecule has 2 N–H and O–H groups in total. The van der Waals surface area contributed by atoms with E-state index in [2.05, 4.69) is 6.92 Å². The van der Waals surface area contributed by atoms with Gasteiger partial charge in [0, 0.05) is 0 Å². The van der Waals surface area contributed by atoms with E-state index in [4.69, 9.17) is 0 Å². The minimum atomic E-state index is -4.78. The summed E-state index contributed by atoms with van der Waals surface area (Å²) in [5, 5.41) is 19.7. The van der Waals surface area contributed by atoms with E-state index in [1.165, 1.54) is 89.2 Å². The number of allylic oxidation sites excluding steroid dienone is 1. The second kappa shape index (κ2) is 18.2. The average Bonchev–Trinajstić information content (AvgIpc) is 2.69. The molecular formula is C24H43KO5S. The van der Waals surface area contributed by atoms with Crippen molar-refractivity contribution in [3.8, 4) is 0 Å². The number of aliphatic hydroxyl groups is 2. The number of hydrogen-bond donors (Lipinski definition) is 2. The quantitative estimate of drug-likeness (QED) is 0.177. The fraction of sp³-hybridized carbons (Fsp3) is 0.833. The first-order valence-electron chi connectivity index (χ1n) is 12.1. The van der Waals surface area contributed by atoms with Crippen LogP contribution in [0.2, 0.25) is 0 Å². The number of hydrogen-bond acceptors (Lipinski definition) is 5. The Morgan fingerprint density at radius 1 is 0.839 bits per heavy atom. The van der Waals surface area contributed by atoms with E-state index in [1.54, 1.807) is 0 Å². The van der Waals surface area contributed by atoms with Crippen molar-refractivity contribution >= 4 is 10.1 Å². The van der Waals surface area contributed by atoms with Gasteiger partial charge >= 0.3 is 51.4 Å². The maximum Gasteiger partial charge on any atom is 1.00 e. The Labute approximate surface area is 233 Å². The maximum atomic E-state index is 11.8. The molecule has 0 aliphatic heterocycles. The molecule has 0 radical (unpaired) electrons. The average molecular weight is 483 g/mol. The summed E-state index contributed by atoms with van der Waals surface area (Å²) in [6.45, 7) is 2.25. The summed E-state index contributed by atoms with van der Waals surface area (Å²) in [4.78, 5) is 0. The monoisotopic (exact) mass is 482 g/mol. The normalized spacial score (nSPS) is 21.0. The largest absolute Gasteiger partial charge is 1.00 e. The van der Waals surface area contributed by atoms with Crippen LogP contribution in [0.25, 0.3) is 0 Å². The molecule has 0 spiro atoms. The van der Waals surface area contributed by atoms with Crippen LogP contribution >= 0.6 is 0 Å². The van der Waals surface area contributed by atoms with Crippen LogP contribution in [0.15, 0.2) is 24.0 Å². The molecule has 0 aromatic rings. The molecule has 31 heavy (non-hydrogen) atoms. The Morgan fingerprint density at radius 3 is 1.61 bits per heavy atom. The molecule has 176 valence electrons. The minimum absolute atomic E-state index is 0. The molecule has 0 aromatic carbocycles. The van der Waals surface area contributed by atoms with Gasteiger partial charge in [-0.3, -0.25) is 0 Å². The maximum absolute atomic E-state index is 11.8. The van der Waals surface area contributed by atoms with Gasteiger partial charge in [-0.05, 0) is 18.6 Å². The molecule has 0 heterocycles. The van der Waals surface area contributed by atoms with Gasteiger partial charge in [-0.1, -0.05) is 116 Å². The predicted molar refractivity (Wildman–Crippen MR) is 122 cm³/mol. The number of unbranched alkanes of at least 4 members (excludes halogenated alkanes) is 15. The summed E-state index contributed by atoms with van der Waals surface area (Å²) in [6.07, 6.45) is 21.5. The Bertz CT molecular complexity index is 617. The van der Waals surface area contributed by atoms with Gasteiger partial charge in [0.2, 0.25) is 0 Å². The first kappa shape index (κ1) is 31.8. The Morgan fingerprint density at radius 2 is 1.23 bits per heavy atom. The van der Waals surface area contributed by atoms with Gasteiger partial charge in [-0.2, -0.15) is 0 Å². The number of aliphatic hydroxyl groups excluding tert-OH is 2. The van der Waals surface area contributed by atoms with Gasteiger partial charge in [-0.15, -0.1) is 0 Å². The molecule has 1 rings (SSSR count). The van der Waals surface area contributed by atoms with Crippen molar-refractivity contribution in [3.05, 3.63) is 24.0 Å². The molecule has 1 aliphatic carbocycles. The van der Waals surface area contributed by atoms with Crippen molar-refractivity contribution in [2.45, 2.75) is 127 Å². The van der Waals surface area contributed by atoms with Crippen molar-refractivity contribution in [2.24, 2.45) is 0 Å². The molecule has 5 nitrogen and oxygen atoms in total. The van der Waals surface area contributed by atoms with Gasteiger partial charge < -0.3 is 14.8 Å². The summed E-state index contributed by atoms with van der Waals surface area (Å²) < 4.78 is 33.3. The Hall–Kier alpha value is 0.786. The molecule has 1 aliphatic rings. The topological polar surface area (TPSA) is 97.7 Å². The summed E-state index contributed by atoms with van der Waals surface area (Å²) in [5.74, 6) is -0.281. The van der Waals surface area contributed by atoms with Crippen LogP contribution in [-0.2, 0) is 10.1 Å². The van der Waals surface area contributed by atoms with Gasteiger partial charge in [-0.25, -0.2) is 8.42 Å². The van der Waals surface area contributed by atoms with E-state index in [9.17, 15) is 23.2 Å². The Balaban J connectivity index is 0.00000900. The summed E-state index contributed by atoms with van der Waals surface area (Å²) in [5.41, 5.74) is 0. The predicted octanol–water partition coefficient (Wildman–Crippen LogP) is 3.30. The third kappa shape index (κ3) is 12.7. The first-order valence-corrected chi connectivity index (χ1v) is 13.5. The standard InChI is InChI=1S/C24H44O5S.K/c1-2-3-4-5-6-7-8-9-10-11-12-13-14-15-16-17-20-24(30(27,28)29)21-22(25)18-19-23(24)26;/h18-19,21,23,25-26H,2-17,20H2,1H3,(H,27,28,29);/q;+1/p-1. The SMILES string of the molecule is CCCCCCCCCCCCCCCCCCC1(S(=O)(=O)[O-])C=C(O)C=CC1O.[K+]. The zero-order valence-corrected chi connectivity index (χ0v) is 23.8. The van der Waals surface area contributed by atoms with E-state index in [0.29, 0.717) is 6.42 Å². The van der Waals surface area contributed by atoms with E-state index in [-0.39, 0.29) is 63.6 Å². The van der Waals surface area contributed by atoms with Gasteiger partial charge in [0.05, 0.1) is 6.10 Å². The molecule has 0 amide bonds. The van der Waals surface area contributed by atoms with Crippen LogP contribution in [0.4, 0.5) is 0 Å². The van der Waals surface area contributed by atoms with Crippen molar-refractivity contribution in [3.63, 3.8) is 0 Å². The summed E-state index contributed by atoms with van der Waals surface area (Å²) >= 11 is 0. The molecule has 0 saturated heterocycles. The Kier molecular flexibility index (Phi) is 18.6. The molecular weight excluding hydrogens is 439 g/mol. The third-order valence-corrected chi connectivity index (χ3v) is 7.72. The van der Waals surface area contributed by atoms with Crippen molar-refractivity contribution in [1.82, 2.24) is 0 Å². The molecule has 2 unspecified atom stereocenters. The second-order valence-corrected chi connectivity index (χ2v) is 10.5. The smallest absolute Gasteiger partial charge is 0.747 e. The molecule has 0 bridgehead atoms. The molecule has 2 atom stereocenters. The molecule has 0 saturated carbocycles. The van der Waals surface area contributed by atoms with Crippen molar-refractivity contribution in [2.75, 3.05) is 0 Å². The zero-order chi connectivity index (χ0) is 22.3. The van der Waals surface area contributed by atoms with E-state index >= 15 is 0 Å². The van der Waals surface area contributed by atoms with Crippen LogP contribution in [0.5, 0.6) is 0 Å². The van der Waals surface area contributed by atoms with Crippen molar-refractivity contribution in [1.29, 1.82) is 0 Å². The van der Waals surface area contributed by atoms with E-state index in [0.717, 1.165) is 25.3 Å². The minimum Gasteiger partial charge on any atom is -0.747 e. The zero-order valence-electron chi connectivity index (χ0n) is 19.9. The summed E-state index contributed by atoms with van der Waals surface area (Å²) in [6, 6.07) is 0. The fourth-order valence-electron chi connectivity index (χ4n) is 4.25. The molecule has 0 fully saturated rings. The van der Waals surface area contributed by atoms with Gasteiger partial charge in [0.1, 0.15) is 20.6 Å². The third-order valence-electron chi connectivity index (χ3n) is 6.23. The van der Waals surface area contributed by atoms with E-state index < -0.39 is 21.0 Å². The first-order chi connectivity index (χ1) is 14.3. The van der Waals surface area contributed by atoms with Crippen LogP contribution in [0, 0.1) is 0 Å². The van der Waals surface area contributed by atoms with Crippen LogP contribution in [0.1, 0.15) is 116 Å². The van der Waals surface area contributed by atoms with E-state index in [1.807, 2.05) is 0 Å². The van der Waals surface area contributed by atoms with Gasteiger partial charge in [0.25, 0.3) is 0 Å². The molecule has 0 aromatic heterocycles. The van der Waals surface area contributed by atoms with Crippen LogP contribution in [0.3, 0.4) is 0 Å². The van der Waals surface area contributed by atoms with Crippen LogP contribution in [-0.4, -0.2) is 34.0 Å². The summed E-state index contributed by atoms with van der Waals surface area (Å²) in [7, 11) is -4.78. The molecule has 7 heteroatoms.